The third kappa shape index (κ3) is 4.48. The van der Waals surface area contributed by atoms with Crippen LogP contribution in [0.15, 0.2) is 30.4 Å². The van der Waals surface area contributed by atoms with Gasteiger partial charge in [0.15, 0.2) is 6.61 Å². The summed E-state index contributed by atoms with van der Waals surface area (Å²) in [7, 11) is 0. The first-order chi connectivity index (χ1) is 12.8. The number of nitrogens with zero attached hydrogens (tertiary/aromatic N) is 1. The fraction of sp³-hybridized carbons (Fsp3) is 0.333. The van der Waals surface area contributed by atoms with E-state index in [-0.39, 0.29) is 11.8 Å². The zero-order valence-electron chi connectivity index (χ0n) is 14.1. The SMILES string of the molecule is O=C(COC(=O)CN1C(=O)[C@H]2CC=CC[C@@H]2C1=O)Nc1cc(Cl)cc(Cl)c1. The van der Waals surface area contributed by atoms with E-state index in [2.05, 4.69) is 5.32 Å². The highest BCUT2D eigenvalue weighted by atomic mass is 35.5. The molecule has 142 valence electrons. The Balaban J connectivity index is 1.50. The molecule has 0 spiro atoms. The van der Waals surface area contributed by atoms with Crippen LogP contribution < -0.4 is 5.32 Å². The smallest absolute Gasteiger partial charge is 0.326 e. The molecule has 1 aromatic rings. The monoisotopic (exact) mass is 410 g/mol. The van der Waals surface area contributed by atoms with Gasteiger partial charge in [0.05, 0.1) is 11.8 Å². The van der Waals surface area contributed by atoms with E-state index in [1.807, 2.05) is 12.2 Å². The molecule has 0 radical (unpaired) electrons. The Morgan fingerprint density at radius 3 is 2.15 bits per heavy atom. The second kappa shape index (κ2) is 8.10. The van der Waals surface area contributed by atoms with Gasteiger partial charge in [0, 0.05) is 15.7 Å². The zero-order chi connectivity index (χ0) is 19.6. The fourth-order valence-corrected chi connectivity index (χ4v) is 3.69. The number of benzene rings is 1. The van der Waals surface area contributed by atoms with Crippen LogP contribution in [0.5, 0.6) is 0 Å². The minimum atomic E-state index is -0.831. The van der Waals surface area contributed by atoms with Crippen LogP contribution in [-0.2, 0) is 23.9 Å². The molecular weight excluding hydrogens is 395 g/mol. The number of esters is 1. The Bertz CT molecular complexity index is 793. The number of carbonyl (C=O) groups is 4. The summed E-state index contributed by atoms with van der Waals surface area (Å²) in [6.07, 6.45) is 4.71. The Hall–Kier alpha value is -2.38. The van der Waals surface area contributed by atoms with E-state index in [0.29, 0.717) is 28.6 Å². The van der Waals surface area contributed by atoms with Crippen molar-refractivity contribution in [2.45, 2.75) is 12.8 Å². The van der Waals surface area contributed by atoms with E-state index < -0.39 is 36.9 Å². The lowest BCUT2D eigenvalue weighted by molar-refractivity contribution is -0.154. The van der Waals surface area contributed by atoms with Gasteiger partial charge in [-0.05, 0) is 31.0 Å². The summed E-state index contributed by atoms with van der Waals surface area (Å²) in [4.78, 5) is 49.3. The predicted octanol–water partition coefficient (Wildman–Crippen LogP) is 2.43. The van der Waals surface area contributed by atoms with Gasteiger partial charge in [-0.2, -0.15) is 0 Å². The van der Waals surface area contributed by atoms with Crippen LogP contribution in [0, 0.1) is 11.8 Å². The largest absolute Gasteiger partial charge is 0.454 e. The van der Waals surface area contributed by atoms with Gasteiger partial charge >= 0.3 is 5.97 Å². The molecule has 1 aliphatic carbocycles. The Morgan fingerprint density at radius 2 is 1.59 bits per heavy atom. The molecule has 1 aliphatic heterocycles. The van der Waals surface area contributed by atoms with Gasteiger partial charge in [0.2, 0.25) is 11.8 Å². The molecule has 0 bridgehead atoms. The highest BCUT2D eigenvalue weighted by Gasteiger charge is 2.47. The number of ether oxygens (including phenoxy) is 1. The number of allylic oxidation sites excluding steroid dienone is 2. The number of amides is 3. The maximum absolute atomic E-state index is 12.3. The van der Waals surface area contributed by atoms with Gasteiger partial charge in [-0.1, -0.05) is 35.4 Å². The molecule has 0 aromatic heterocycles. The first-order valence-electron chi connectivity index (χ1n) is 8.27. The summed E-state index contributed by atoms with van der Waals surface area (Å²) in [5.41, 5.74) is 0.357. The van der Waals surface area contributed by atoms with Crippen molar-refractivity contribution in [3.8, 4) is 0 Å². The molecule has 7 nitrogen and oxygen atoms in total. The number of hydrogen-bond acceptors (Lipinski definition) is 5. The molecule has 9 heteroatoms. The second-order valence-electron chi connectivity index (χ2n) is 6.29. The average Bonchev–Trinajstić information content (AvgIpc) is 2.84. The number of hydrogen-bond donors (Lipinski definition) is 1. The fourth-order valence-electron chi connectivity index (χ4n) is 3.17. The number of carbonyl (C=O) groups excluding carboxylic acids is 4. The third-order valence-corrected chi connectivity index (χ3v) is 4.83. The van der Waals surface area contributed by atoms with E-state index in [1.165, 1.54) is 18.2 Å². The van der Waals surface area contributed by atoms with Crippen molar-refractivity contribution < 1.29 is 23.9 Å². The second-order valence-corrected chi connectivity index (χ2v) is 7.16. The summed E-state index contributed by atoms with van der Waals surface area (Å²) in [5, 5.41) is 3.18. The van der Waals surface area contributed by atoms with E-state index >= 15 is 0 Å². The molecule has 3 amide bonds. The molecule has 1 aromatic carbocycles. The number of rotatable bonds is 5. The van der Waals surface area contributed by atoms with E-state index in [9.17, 15) is 19.2 Å². The lowest BCUT2D eigenvalue weighted by Crippen LogP contribution is -2.37. The Morgan fingerprint density at radius 1 is 1.04 bits per heavy atom. The molecule has 1 heterocycles. The quantitative estimate of drug-likeness (QED) is 0.457. The molecule has 2 atom stereocenters. The lowest BCUT2D eigenvalue weighted by atomic mass is 9.85. The van der Waals surface area contributed by atoms with Gasteiger partial charge in [-0.15, -0.1) is 0 Å². The van der Waals surface area contributed by atoms with Crippen molar-refractivity contribution in [3.05, 3.63) is 40.4 Å². The van der Waals surface area contributed by atoms with Crippen LogP contribution in [0.4, 0.5) is 5.69 Å². The van der Waals surface area contributed by atoms with E-state index in [4.69, 9.17) is 27.9 Å². The topological polar surface area (TPSA) is 92.8 Å². The maximum Gasteiger partial charge on any atom is 0.326 e. The molecule has 3 rings (SSSR count). The Kier molecular flexibility index (Phi) is 5.82. The van der Waals surface area contributed by atoms with Gasteiger partial charge in [0.1, 0.15) is 6.54 Å². The van der Waals surface area contributed by atoms with Crippen LogP contribution in [0.2, 0.25) is 10.0 Å². The normalized spacial score (nSPS) is 21.2. The lowest BCUT2D eigenvalue weighted by Gasteiger charge is -2.14. The molecular formula is C18H16Cl2N2O5. The summed E-state index contributed by atoms with van der Waals surface area (Å²) in [6, 6.07) is 4.49. The third-order valence-electron chi connectivity index (χ3n) is 4.40. The minimum Gasteiger partial charge on any atom is -0.454 e. The number of likely N-dealkylation sites (tertiary alicyclic amines) is 1. The first kappa shape index (κ1) is 19.4. The summed E-state index contributed by atoms with van der Waals surface area (Å²) in [6.45, 7) is -1.06. The predicted molar refractivity (Wildman–Crippen MR) is 98.1 cm³/mol. The van der Waals surface area contributed by atoms with Crippen molar-refractivity contribution in [1.29, 1.82) is 0 Å². The molecule has 1 fully saturated rings. The molecule has 0 saturated carbocycles. The number of nitrogens with one attached hydrogen (secondary N) is 1. The van der Waals surface area contributed by atoms with Gasteiger partial charge < -0.3 is 10.1 Å². The van der Waals surface area contributed by atoms with Crippen molar-refractivity contribution in [2.24, 2.45) is 11.8 Å². The standard InChI is InChI=1S/C18H16Cl2N2O5/c19-10-5-11(20)7-12(6-10)21-15(23)9-27-16(24)8-22-17(25)13-3-1-2-4-14(13)18(22)26/h1-2,5-7,13-14H,3-4,8-9H2,(H,21,23)/t13-,14-/m0/s1. The van der Waals surface area contributed by atoms with E-state index in [0.717, 1.165) is 4.90 Å². The summed E-state index contributed by atoms with van der Waals surface area (Å²) in [5.74, 6) is -2.99. The Labute approximate surface area is 165 Å². The van der Waals surface area contributed by atoms with Crippen molar-refractivity contribution >= 4 is 52.6 Å². The minimum absolute atomic E-state index is 0.344. The molecule has 1 saturated heterocycles. The van der Waals surface area contributed by atoms with Crippen LogP contribution in [0.25, 0.3) is 0 Å². The number of halogens is 2. The summed E-state index contributed by atoms with van der Waals surface area (Å²) >= 11 is 11.7. The number of fused-ring (bicyclic) bond motifs is 1. The van der Waals surface area contributed by atoms with Crippen LogP contribution in [0.1, 0.15) is 12.8 Å². The van der Waals surface area contributed by atoms with Crippen molar-refractivity contribution in [1.82, 2.24) is 4.90 Å². The molecule has 0 unspecified atom stereocenters. The molecule has 1 N–H and O–H groups in total. The van der Waals surface area contributed by atoms with Gasteiger partial charge in [-0.3, -0.25) is 24.1 Å². The highest BCUT2D eigenvalue weighted by Crippen LogP contribution is 2.34. The van der Waals surface area contributed by atoms with Crippen LogP contribution in [-0.4, -0.2) is 41.7 Å². The number of imide groups is 1. The first-order valence-corrected chi connectivity index (χ1v) is 9.02. The van der Waals surface area contributed by atoms with Crippen molar-refractivity contribution in [2.75, 3.05) is 18.5 Å². The maximum atomic E-state index is 12.3. The zero-order valence-corrected chi connectivity index (χ0v) is 15.6. The highest BCUT2D eigenvalue weighted by molar-refractivity contribution is 6.35. The molecule has 27 heavy (non-hydrogen) atoms. The van der Waals surface area contributed by atoms with Gasteiger partial charge in [-0.25, -0.2) is 0 Å². The van der Waals surface area contributed by atoms with Crippen LogP contribution >= 0.6 is 23.2 Å². The van der Waals surface area contributed by atoms with E-state index in [1.54, 1.807) is 0 Å². The molecule has 2 aliphatic rings. The summed E-state index contributed by atoms with van der Waals surface area (Å²) < 4.78 is 4.87. The average molecular weight is 411 g/mol. The van der Waals surface area contributed by atoms with Crippen molar-refractivity contribution in [3.63, 3.8) is 0 Å². The number of anilines is 1. The van der Waals surface area contributed by atoms with Gasteiger partial charge in [0.25, 0.3) is 5.91 Å². The van der Waals surface area contributed by atoms with Crippen LogP contribution in [0.3, 0.4) is 0 Å².